The van der Waals surface area contributed by atoms with Gasteiger partial charge in [-0.1, -0.05) is 0 Å². The van der Waals surface area contributed by atoms with Gasteiger partial charge in [-0.05, 0) is 37.8 Å². The van der Waals surface area contributed by atoms with E-state index in [9.17, 15) is 0 Å². The summed E-state index contributed by atoms with van der Waals surface area (Å²) in [4.78, 5) is 7.05. The Labute approximate surface area is 130 Å². The highest BCUT2D eigenvalue weighted by molar-refractivity contribution is 5.11. The normalized spacial score (nSPS) is 22.0. The molecule has 1 saturated carbocycles. The van der Waals surface area contributed by atoms with Gasteiger partial charge < -0.3 is 13.7 Å². The number of nitrogens with zero attached hydrogens (tertiary/aromatic N) is 3. The zero-order valence-corrected chi connectivity index (χ0v) is 13.1. The van der Waals surface area contributed by atoms with Crippen LogP contribution in [0.3, 0.4) is 0 Å². The summed E-state index contributed by atoms with van der Waals surface area (Å²) in [5.74, 6) is 2.97. The Morgan fingerprint density at radius 3 is 3.05 bits per heavy atom. The first-order valence-corrected chi connectivity index (χ1v) is 8.19. The fraction of sp³-hybridized carbons (Fsp3) is 0.588. The molecule has 0 radical (unpaired) electrons. The molecule has 5 nitrogen and oxygen atoms in total. The SMILES string of the molecule is C[C@@H]1c2ncc(COCC3CC3)n2CCN1Cc1ccco1. The Kier molecular flexibility index (Phi) is 3.76. The van der Waals surface area contributed by atoms with E-state index in [0.717, 1.165) is 43.7 Å². The smallest absolute Gasteiger partial charge is 0.126 e. The highest BCUT2D eigenvalue weighted by Gasteiger charge is 2.28. The molecule has 2 aromatic rings. The Morgan fingerprint density at radius 2 is 2.27 bits per heavy atom. The Balaban J connectivity index is 1.42. The summed E-state index contributed by atoms with van der Waals surface area (Å²) < 4.78 is 13.6. The van der Waals surface area contributed by atoms with Crippen LogP contribution in [0.15, 0.2) is 29.0 Å². The minimum atomic E-state index is 0.302. The average Bonchev–Trinajstić information content (AvgIpc) is 3.03. The van der Waals surface area contributed by atoms with E-state index < -0.39 is 0 Å². The monoisotopic (exact) mass is 301 g/mol. The second-order valence-electron chi connectivity index (χ2n) is 6.44. The van der Waals surface area contributed by atoms with Crippen LogP contribution in [0.5, 0.6) is 0 Å². The summed E-state index contributed by atoms with van der Waals surface area (Å²) in [5.41, 5.74) is 1.21. The molecule has 1 atom stereocenters. The van der Waals surface area contributed by atoms with Crippen molar-refractivity contribution in [1.29, 1.82) is 0 Å². The predicted molar refractivity (Wildman–Crippen MR) is 82.1 cm³/mol. The van der Waals surface area contributed by atoms with E-state index in [-0.39, 0.29) is 0 Å². The van der Waals surface area contributed by atoms with Crippen molar-refractivity contribution in [3.05, 3.63) is 41.9 Å². The van der Waals surface area contributed by atoms with Crippen molar-refractivity contribution < 1.29 is 9.15 Å². The third kappa shape index (κ3) is 2.83. The van der Waals surface area contributed by atoms with E-state index in [4.69, 9.17) is 9.15 Å². The van der Waals surface area contributed by atoms with Gasteiger partial charge in [0.1, 0.15) is 11.6 Å². The summed E-state index contributed by atoms with van der Waals surface area (Å²) in [5, 5.41) is 0. The van der Waals surface area contributed by atoms with Crippen LogP contribution < -0.4 is 0 Å². The number of furan rings is 1. The van der Waals surface area contributed by atoms with Gasteiger partial charge in [0.25, 0.3) is 0 Å². The van der Waals surface area contributed by atoms with Gasteiger partial charge in [0.15, 0.2) is 0 Å². The first kappa shape index (κ1) is 14.0. The molecule has 3 heterocycles. The topological polar surface area (TPSA) is 43.4 Å². The molecule has 0 saturated heterocycles. The van der Waals surface area contributed by atoms with Crippen molar-refractivity contribution >= 4 is 0 Å². The lowest BCUT2D eigenvalue weighted by molar-refractivity contribution is 0.1000. The largest absolute Gasteiger partial charge is 0.468 e. The maximum absolute atomic E-state index is 5.83. The zero-order chi connectivity index (χ0) is 14.9. The van der Waals surface area contributed by atoms with Gasteiger partial charge in [0, 0.05) is 19.7 Å². The molecule has 0 bridgehead atoms. The molecule has 1 aliphatic heterocycles. The summed E-state index contributed by atoms with van der Waals surface area (Å²) in [6.07, 6.45) is 6.39. The molecule has 1 aliphatic carbocycles. The lowest BCUT2D eigenvalue weighted by Gasteiger charge is -2.33. The second-order valence-corrected chi connectivity index (χ2v) is 6.44. The molecule has 118 valence electrons. The highest BCUT2D eigenvalue weighted by atomic mass is 16.5. The molecule has 2 aliphatic rings. The third-order valence-electron chi connectivity index (χ3n) is 4.74. The number of hydrogen-bond donors (Lipinski definition) is 0. The van der Waals surface area contributed by atoms with Gasteiger partial charge in [-0.3, -0.25) is 4.90 Å². The van der Waals surface area contributed by atoms with Gasteiger partial charge in [-0.15, -0.1) is 0 Å². The molecule has 0 N–H and O–H groups in total. The fourth-order valence-corrected chi connectivity index (χ4v) is 3.15. The maximum atomic E-state index is 5.83. The third-order valence-corrected chi connectivity index (χ3v) is 4.74. The summed E-state index contributed by atoms with van der Waals surface area (Å²) >= 11 is 0. The van der Waals surface area contributed by atoms with E-state index in [2.05, 4.69) is 21.4 Å². The van der Waals surface area contributed by atoms with Gasteiger partial charge in [0.2, 0.25) is 0 Å². The zero-order valence-electron chi connectivity index (χ0n) is 13.1. The van der Waals surface area contributed by atoms with E-state index in [1.165, 1.54) is 18.5 Å². The quantitative estimate of drug-likeness (QED) is 0.822. The number of ether oxygens (including phenoxy) is 1. The summed E-state index contributed by atoms with van der Waals surface area (Å²) in [6.45, 7) is 6.64. The predicted octanol–water partition coefficient (Wildman–Crippen LogP) is 2.98. The van der Waals surface area contributed by atoms with Gasteiger partial charge in [0.05, 0.1) is 37.3 Å². The number of hydrogen-bond acceptors (Lipinski definition) is 4. The minimum absolute atomic E-state index is 0.302. The lowest BCUT2D eigenvalue weighted by atomic mass is 10.2. The first-order valence-electron chi connectivity index (χ1n) is 8.19. The maximum Gasteiger partial charge on any atom is 0.126 e. The fourth-order valence-electron chi connectivity index (χ4n) is 3.15. The molecule has 22 heavy (non-hydrogen) atoms. The van der Waals surface area contributed by atoms with E-state index in [1.54, 1.807) is 6.26 Å². The Hall–Kier alpha value is -1.59. The Morgan fingerprint density at radius 1 is 1.36 bits per heavy atom. The van der Waals surface area contributed by atoms with Crippen molar-refractivity contribution in [2.75, 3.05) is 13.2 Å². The molecule has 0 aromatic carbocycles. The second kappa shape index (κ2) is 5.89. The molecule has 2 aromatic heterocycles. The Bertz CT molecular complexity index is 616. The summed E-state index contributed by atoms with van der Waals surface area (Å²) in [7, 11) is 0. The molecule has 0 spiro atoms. The van der Waals surface area contributed by atoms with Crippen LogP contribution in [0, 0.1) is 5.92 Å². The molecular formula is C17H23N3O2. The van der Waals surface area contributed by atoms with Crippen LogP contribution in [-0.4, -0.2) is 27.6 Å². The molecule has 0 amide bonds. The van der Waals surface area contributed by atoms with Crippen LogP contribution in [0.4, 0.5) is 0 Å². The van der Waals surface area contributed by atoms with Crippen molar-refractivity contribution in [2.24, 2.45) is 5.92 Å². The van der Waals surface area contributed by atoms with Crippen LogP contribution >= 0.6 is 0 Å². The van der Waals surface area contributed by atoms with Crippen molar-refractivity contribution in [1.82, 2.24) is 14.5 Å². The molecular weight excluding hydrogens is 278 g/mol. The standard InChI is InChI=1S/C17H23N3O2/c1-13-17-18-9-15(12-21-11-14-4-5-14)20(17)7-6-19(13)10-16-3-2-8-22-16/h2-3,8-9,13-14H,4-7,10-12H2,1H3/t13-/m1/s1. The van der Waals surface area contributed by atoms with Crippen LogP contribution in [-0.2, 0) is 24.4 Å². The molecule has 5 heteroatoms. The number of fused-ring (bicyclic) bond motifs is 1. The van der Waals surface area contributed by atoms with Crippen LogP contribution in [0.2, 0.25) is 0 Å². The van der Waals surface area contributed by atoms with E-state index >= 15 is 0 Å². The number of aromatic nitrogens is 2. The molecule has 4 rings (SSSR count). The average molecular weight is 301 g/mol. The lowest BCUT2D eigenvalue weighted by Crippen LogP contribution is -2.37. The van der Waals surface area contributed by atoms with Crippen molar-refractivity contribution in [3.63, 3.8) is 0 Å². The van der Waals surface area contributed by atoms with Gasteiger partial charge in [-0.25, -0.2) is 4.98 Å². The van der Waals surface area contributed by atoms with E-state index in [1.807, 2.05) is 18.3 Å². The molecule has 0 unspecified atom stereocenters. The van der Waals surface area contributed by atoms with Crippen molar-refractivity contribution in [2.45, 2.75) is 45.5 Å². The number of imidazole rings is 1. The van der Waals surface area contributed by atoms with Crippen molar-refractivity contribution in [3.8, 4) is 0 Å². The van der Waals surface area contributed by atoms with Gasteiger partial charge in [-0.2, -0.15) is 0 Å². The van der Waals surface area contributed by atoms with Crippen LogP contribution in [0.25, 0.3) is 0 Å². The van der Waals surface area contributed by atoms with Crippen LogP contribution in [0.1, 0.15) is 43.1 Å². The van der Waals surface area contributed by atoms with Gasteiger partial charge >= 0.3 is 0 Å². The number of rotatable bonds is 6. The first-order chi connectivity index (χ1) is 10.8. The van der Waals surface area contributed by atoms with E-state index in [0.29, 0.717) is 12.6 Å². The molecule has 1 fully saturated rings. The highest BCUT2D eigenvalue weighted by Crippen LogP contribution is 2.30. The minimum Gasteiger partial charge on any atom is -0.468 e. The summed E-state index contributed by atoms with van der Waals surface area (Å²) in [6, 6.07) is 4.28.